The molecule has 1 N–H and O–H groups in total. The summed E-state index contributed by atoms with van der Waals surface area (Å²) >= 11 is 0. The van der Waals surface area contributed by atoms with Gasteiger partial charge in [-0.3, -0.25) is 14.8 Å². The molecule has 96 valence electrons. The lowest BCUT2D eigenvalue weighted by Crippen LogP contribution is -2.32. The van der Waals surface area contributed by atoms with Gasteiger partial charge in [-0.25, -0.2) is 4.89 Å². The van der Waals surface area contributed by atoms with E-state index >= 15 is 0 Å². The van der Waals surface area contributed by atoms with Gasteiger partial charge in [0.05, 0.1) is 0 Å². The molecule has 0 unspecified atom stereocenters. The van der Waals surface area contributed by atoms with Crippen LogP contribution in [-0.4, -0.2) is 22.9 Å². The van der Waals surface area contributed by atoms with Crippen molar-refractivity contribution < 1.29 is 19.7 Å². The number of ketones is 2. The van der Waals surface area contributed by atoms with Crippen LogP contribution in [-0.2, 0) is 4.89 Å². The highest BCUT2D eigenvalue weighted by Crippen LogP contribution is 2.11. The highest BCUT2D eigenvalue weighted by atomic mass is 17.1. The molecule has 0 radical (unpaired) electrons. The molecule has 0 aliphatic carbocycles. The average Bonchev–Trinajstić information content (AvgIpc) is 2.49. The van der Waals surface area contributed by atoms with Gasteiger partial charge in [-0.15, -0.1) is 0 Å². The van der Waals surface area contributed by atoms with E-state index in [1.165, 1.54) is 0 Å². The van der Waals surface area contributed by atoms with Crippen LogP contribution >= 0.6 is 0 Å². The number of carbonyl (C=O) groups excluding carboxylic acids is 2. The third-order valence-corrected chi connectivity index (χ3v) is 2.70. The molecule has 0 aliphatic rings. The van der Waals surface area contributed by atoms with Gasteiger partial charge in [0.15, 0.2) is 0 Å². The second-order valence-electron chi connectivity index (χ2n) is 3.95. The second kappa shape index (κ2) is 6.04. The van der Waals surface area contributed by atoms with Gasteiger partial charge in [-0.05, 0) is 0 Å². The minimum Gasteiger partial charge on any atom is -0.291 e. The van der Waals surface area contributed by atoms with Crippen LogP contribution in [0.1, 0.15) is 20.7 Å². The lowest BCUT2D eigenvalue weighted by atomic mass is 9.99. The first-order valence-electron chi connectivity index (χ1n) is 5.73. The molecule has 0 saturated carbocycles. The van der Waals surface area contributed by atoms with E-state index in [0.29, 0.717) is 11.1 Å². The molecule has 2 rings (SSSR count). The first-order chi connectivity index (χ1) is 9.24. The van der Waals surface area contributed by atoms with Crippen LogP contribution in [0, 0.1) is 0 Å². The molecular formula is C15H12O4. The largest absolute Gasteiger partial charge is 0.291 e. The summed E-state index contributed by atoms with van der Waals surface area (Å²) in [5.74, 6) is -1.14. The number of Topliss-reactive ketones (excluding diaryl/α,β-unsaturated/α-hetero) is 2. The molecule has 0 aromatic heterocycles. The number of hydrogen-bond acceptors (Lipinski definition) is 4. The molecular weight excluding hydrogens is 244 g/mol. The SMILES string of the molecule is O=C(c1ccccc1)C(OO)C(=O)c1ccccc1. The Bertz CT molecular complexity index is 512. The summed E-state index contributed by atoms with van der Waals surface area (Å²) in [6.45, 7) is 0. The predicted octanol–water partition coefficient (Wildman–Crippen LogP) is 2.61. The van der Waals surface area contributed by atoms with E-state index in [-0.39, 0.29) is 0 Å². The van der Waals surface area contributed by atoms with E-state index < -0.39 is 17.7 Å². The summed E-state index contributed by atoms with van der Waals surface area (Å²) < 4.78 is 0. The van der Waals surface area contributed by atoms with Gasteiger partial charge < -0.3 is 0 Å². The Hall–Kier alpha value is -2.30. The fraction of sp³-hybridized carbons (Fsp3) is 0.0667. The quantitative estimate of drug-likeness (QED) is 0.386. The van der Waals surface area contributed by atoms with Crippen molar-refractivity contribution in [1.82, 2.24) is 0 Å². The number of carbonyl (C=O) groups is 2. The first-order valence-corrected chi connectivity index (χ1v) is 5.73. The van der Waals surface area contributed by atoms with E-state index in [0.717, 1.165) is 0 Å². The van der Waals surface area contributed by atoms with E-state index in [1.807, 2.05) is 0 Å². The Morgan fingerprint density at radius 2 is 1.16 bits per heavy atom. The van der Waals surface area contributed by atoms with Crippen LogP contribution in [0.15, 0.2) is 60.7 Å². The third kappa shape index (κ3) is 2.93. The van der Waals surface area contributed by atoms with Crippen molar-refractivity contribution in [2.45, 2.75) is 6.10 Å². The van der Waals surface area contributed by atoms with Crippen molar-refractivity contribution in [3.63, 3.8) is 0 Å². The van der Waals surface area contributed by atoms with E-state index in [9.17, 15) is 9.59 Å². The molecule has 0 fully saturated rings. The van der Waals surface area contributed by atoms with Crippen LogP contribution in [0.5, 0.6) is 0 Å². The molecule has 2 aromatic rings. The Morgan fingerprint density at radius 1 is 0.789 bits per heavy atom. The Balaban J connectivity index is 2.26. The van der Waals surface area contributed by atoms with Crippen LogP contribution in [0.3, 0.4) is 0 Å². The summed E-state index contributed by atoms with van der Waals surface area (Å²) in [5.41, 5.74) is 0.622. The summed E-state index contributed by atoms with van der Waals surface area (Å²) in [6.07, 6.45) is -1.54. The van der Waals surface area contributed by atoms with E-state index in [4.69, 9.17) is 5.26 Å². The highest BCUT2D eigenvalue weighted by molar-refractivity contribution is 6.18. The predicted molar refractivity (Wildman–Crippen MR) is 69.0 cm³/mol. The van der Waals surface area contributed by atoms with Gasteiger partial charge in [-0.2, -0.15) is 0 Å². The molecule has 0 amide bonds. The fourth-order valence-electron chi connectivity index (χ4n) is 1.72. The number of hydrogen-bond donors (Lipinski definition) is 1. The molecule has 2 aromatic carbocycles. The minimum absolute atomic E-state index is 0.311. The molecule has 0 aliphatic heterocycles. The second-order valence-corrected chi connectivity index (χ2v) is 3.95. The smallest absolute Gasteiger partial charge is 0.218 e. The van der Waals surface area contributed by atoms with Gasteiger partial charge in [0.1, 0.15) is 0 Å². The molecule has 0 heterocycles. The fourth-order valence-corrected chi connectivity index (χ4v) is 1.72. The zero-order valence-electron chi connectivity index (χ0n) is 10.0. The summed E-state index contributed by atoms with van der Waals surface area (Å²) in [5, 5.41) is 8.85. The molecule has 4 nitrogen and oxygen atoms in total. The molecule has 0 spiro atoms. The van der Waals surface area contributed by atoms with E-state index in [2.05, 4.69) is 4.89 Å². The Kier molecular flexibility index (Phi) is 4.18. The Labute approximate surface area is 110 Å². The van der Waals surface area contributed by atoms with Crippen molar-refractivity contribution in [3.8, 4) is 0 Å². The molecule has 4 heteroatoms. The van der Waals surface area contributed by atoms with Gasteiger partial charge >= 0.3 is 0 Å². The third-order valence-electron chi connectivity index (χ3n) is 2.70. The summed E-state index contributed by atoms with van der Waals surface area (Å²) in [4.78, 5) is 28.3. The zero-order chi connectivity index (χ0) is 13.7. The Morgan fingerprint density at radius 3 is 1.47 bits per heavy atom. The van der Waals surface area contributed by atoms with Crippen molar-refractivity contribution in [1.29, 1.82) is 0 Å². The molecule has 19 heavy (non-hydrogen) atoms. The number of rotatable bonds is 5. The van der Waals surface area contributed by atoms with Gasteiger partial charge in [0.2, 0.25) is 17.7 Å². The van der Waals surface area contributed by atoms with E-state index in [1.54, 1.807) is 60.7 Å². The minimum atomic E-state index is -1.54. The summed E-state index contributed by atoms with van der Waals surface area (Å²) in [7, 11) is 0. The normalized spacial score (nSPS) is 10.4. The van der Waals surface area contributed by atoms with Crippen molar-refractivity contribution >= 4 is 11.6 Å². The van der Waals surface area contributed by atoms with Gasteiger partial charge in [0, 0.05) is 11.1 Å². The molecule has 0 bridgehead atoms. The molecule has 0 atom stereocenters. The lowest BCUT2D eigenvalue weighted by Gasteiger charge is -2.11. The van der Waals surface area contributed by atoms with Crippen LogP contribution < -0.4 is 0 Å². The monoisotopic (exact) mass is 256 g/mol. The van der Waals surface area contributed by atoms with Gasteiger partial charge in [0.25, 0.3) is 0 Å². The maximum absolute atomic E-state index is 12.1. The van der Waals surface area contributed by atoms with Crippen molar-refractivity contribution in [2.75, 3.05) is 0 Å². The van der Waals surface area contributed by atoms with Crippen LogP contribution in [0.2, 0.25) is 0 Å². The summed E-state index contributed by atoms with van der Waals surface area (Å²) in [6, 6.07) is 16.5. The maximum atomic E-state index is 12.1. The van der Waals surface area contributed by atoms with Crippen LogP contribution in [0.4, 0.5) is 0 Å². The van der Waals surface area contributed by atoms with Gasteiger partial charge in [-0.1, -0.05) is 60.7 Å². The lowest BCUT2D eigenvalue weighted by molar-refractivity contribution is -0.250. The first kappa shape index (κ1) is 13.1. The van der Waals surface area contributed by atoms with Crippen molar-refractivity contribution in [3.05, 3.63) is 71.8 Å². The zero-order valence-corrected chi connectivity index (χ0v) is 10.0. The van der Waals surface area contributed by atoms with Crippen LogP contribution in [0.25, 0.3) is 0 Å². The topological polar surface area (TPSA) is 63.6 Å². The highest BCUT2D eigenvalue weighted by Gasteiger charge is 2.29. The average molecular weight is 256 g/mol. The standard InChI is InChI=1S/C15H12O4/c16-13(11-7-3-1-4-8-11)15(19-18)14(17)12-9-5-2-6-10-12/h1-10,15,18H. The molecule has 0 saturated heterocycles. The maximum Gasteiger partial charge on any atom is 0.218 e. The number of benzene rings is 2. The van der Waals surface area contributed by atoms with Crippen molar-refractivity contribution in [2.24, 2.45) is 0 Å².